The van der Waals surface area contributed by atoms with E-state index in [9.17, 15) is 30.8 Å². The average Bonchev–Trinajstić information content (AvgIpc) is 3.26. The second-order valence-corrected chi connectivity index (χ2v) is 11.8. The number of carbonyl (C=O) groups excluding carboxylic acids is 1. The number of halogens is 6. The molecule has 0 saturated carbocycles. The van der Waals surface area contributed by atoms with Crippen LogP contribution in [-0.4, -0.2) is 54.7 Å². The molecule has 3 aliphatic rings. The van der Waals surface area contributed by atoms with Crippen molar-refractivity contribution in [3.8, 4) is 5.75 Å². The van der Waals surface area contributed by atoms with Crippen LogP contribution in [0.5, 0.6) is 5.75 Å². The van der Waals surface area contributed by atoms with Crippen LogP contribution in [-0.2, 0) is 35.7 Å². The molecule has 184 valence electrons. The van der Waals surface area contributed by atoms with Crippen molar-refractivity contribution in [1.29, 1.82) is 0 Å². The molecule has 15 heteroatoms. The predicted molar refractivity (Wildman–Crippen MR) is 118 cm³/mol. The van der Waals surface area contributed by atoms with E-state index in [1.54, 1.807) is 0 Å². The molecule has 8 nitrogen and oxygen atoms in total. The summed E-state index contributed by atoms with van der Waals surface area (Å²) in [6.07, 6.45) is -2.83. The highest BCUT2D eigenvalue weighted by molar-refractivity contribution is 14.1. The largest absolute Gasteiger partial charge is 0.465 e. The molecule has 3 aliphatic heterocycles. The molecule has 2 saturated heterocycles. The summed E-state index contributed by atoms with van der Waals surface area (Å²) in [4.78, 5) is 12.3. The topological polar surface area (TPSA) is 108 Å². The van der Waals surface area contributed by atoms with Crippen LogP contribution in [0.1, 0.15) is 24.8 Å². The van der Waals surface area contributed by atoms with E-state index in [1.807, 2.05) is 12.1 Å². The molecule has 4 rings (SSSR count). The lowest BCUT2D eigenvalue weighted by Gasteiger charge is -2.40. The number of rotatable bonds is 6. The van der Waals surface area contributed by atoms with Gasteiger partial charge in [-0.2, -0.15) is 26.0 Å². The van der Waals surface area contributed by atoms with E-state index < -0.39 is 64.2 Å². The fourth-order valence-corrected chi connectivity index (χ4v) is 6.65. The van der Waals surface area contributed by atoms with E-state index in [1.165, 1.54) is 0 Å². The number of alkyl halides is 4. The SMILES string of the molecule is O=C(OCCC(F)(F)C(F)(F)S(=O)(=O)O)C1CC2OC1CC21OCc2cc(I)cc(I)c2O1. The van der Waals surface area contributed by atoms with Crippen LogP contribution in [0.15, 0.2) is 12.1 Å². The number of esters is 1. The van der Waals surface area contributed by atoms with E-state index in [2.05, 4.69) is 45.2 Å². The van der Waals surface area contributed by atoms with Crippen molar-refractivity contribution in [2.24, 2.45) is 5.92 Å². The van der Waals surface area contributed by atoms with Crippen molar-refractivity contribution in [3.05, 3.63) is 24.8 Å². The summed E-state index contributed by atoms with van der Waals surface area (Å²) >= 11 is 4.33. The van der Waals surface area contributed by atoms with Crippen molar-refractivity contribution in [1.82, 2.24) is 0 Å². The van der Waals surface area contributed by atoms with Crippen LogP contribution in [0.3, 0.4) is 0 Å². The highest BCUT2D eigenvalue weighted by Crippen LogP contribution is 2.51. The van der Waals surface area contributed by atoms with Gasteiger partial charge in [-0.1, -0.05) is 0 Å². The monoisotopic (exact) mass is 722 g/mol. The van der Waals surface area contributed by atoms with Gasteiger partial charge in [0.05, 0.1) is 35.2 Å². The fourth-order valence-electron chi connectivity index (χ4n) is 4.09. The molecular weight excluding hydrogens is 706 g/mol. The lowest BCUT2D eigenvalue weighted by Crippen LogP contribution is -2.52. The molecular formula is C18H16F4I2O8S. The minimum Gasteiger partial charge on any atom is -0.465 e. The van der Waals surface area contributed by atoms with E-state index in [4.69, 9.17) is 23.5 Å². The summed E-state index contributed by atoms with van der Waals surface area (Å²) in [7, 11) is -6.35. The Hall–Kier alpha value is -0.500. The molecule has 0 radical (unpaired) electrons. The van der Waals surface area contributed by atoms with Gasteiger partial charge in [-0.3, -0.25) is 9.35 Å². The number of ether oxygens (including phenoxy) is 4. The molecule has 4 unspecified atom stereocenters. The molecule has 0 aromatic heterocycles. The number of hydrogen-bond donors (Lipinski definition) is 1. The van der Waals surface area contributed by atoms with Crippen molar-refractivity contribution < 1.29 is 54.3 Å². The van der Waals surface area contributed by atoms with Gasteiger partial charge in [0, 0.05) is 15.6 Å². The first-order valence-electron chi connectivity index (χ1n) is 9.52. The number of carbonyl (C=O) groups is 1. The molecule has 2 bridgehead atoms. The molecule has 1 aromatic rings. The lowest BCUT2D eigenvalue weighted by atomic mass is 9.84. The quantitative estimate of drug-likeness (QED) is 0.205. The van der Waals surface area contributed by atoms with Crippen LogP contribution >= 0.6 is 45.2 Å². The normalized spacial score (nSPS) is 29.1. The number of fused-ring (bicyclic) bond motifs is 4. The van der Waals surface area contributed by atoms with Crippen LogP contribution in [0.25, 0.3) is 0 Å². The van der Waals surface area contributed by atoms with Crippen LogP contribution in [0.4, 0.5) is 17.6 Å². The Labute approximate surface area is 212 Å². The summed E-state index contributed by atoms with van der Waals surface area (Å²) in [5.41, 5.74) is 0.873. The zero-order valence-electron chi connectivity index (χ0n) is 16.4. The van der Waals surface area contributed by atoms with Gasteiger partial charge >= 0.3 is 27.3 Å². The lowest BCUT2D eigenvalue weighted by molar-refractivity contribution is -0.232. The third-order valence-corrected chi connectivity index (χ3v) is 8.15. The highest BCUT2D eigenvalue weighted by Gasteiger charge is 2.66. The highest BCUT2D eigenvalue weighted by atomic mass is 127. The molecule has 0 amide bonds. The van der Waals surface area contributed by atoms with Gasteiger partial charge in [0.2, 0.25) is 5.79 Å². The Morgan fingerprint density at radius 2 is 1.97 bits per heavy atom. The predicted octanol–water partition coefficient (Wildman–Crippen LogP) is 3.73. The van der Waals surface area contributed by atoms with Gasteiger partial charge in [0.1, 0.15) is 11.9 Å². The molecule has 1 aromatic carbocycles. The zero-order chi connectivity index (χ0) is 24.4. The maximum absolute atomic E-state index is 13.6. The Morgan fingerprint density at radius 1 is 1.27 bits per heavy atom. The third kappa shape index (κ3) is 4.45. The Kier molecular flexibility index (Phi) is 6.64. The summed E-state index contributed by atoms with van der Waals surface area (Å²) in [6.45, 7) is -0.895. The summed E-state index contributed by atoms with van der Waals surface area (Å²) < 4.78 is 107. The number of benzene rings is 1. The van der Waals surface area contributed by atoms with Gasteiger partial charge in [-0.25, -0.2) is 0 Å². The second kappa shape index (κ2) is 8.56. The van der Waals surface area contributed by atoms with Crippen molar-refractivity contribution >= 4 is 61.3 Å². The first-order valence-corrected chi connectivity index (χ1v) is 13.1. The average molecular weight is 722 g/mol. The van der Waals surface area contributed by atoms with Crippen LogP contribution < -0.4 is 4.74 Å². The van der Waals surface area contributed by atoms with Gasteiger partial charge in [-0.15, -0.1) is 0 Å². The maximum Gasteiger partial charge on any atom is 0.431 e. The van der Waals surface area contributed by atoms with Gasteiger partial charge in [0.25, 0.3) is 0 Å². The van der Waals surface area contributed by atoms with Crippen molar-refractivity contribution in [2.75, 3.05) is 6.61 Å². The van der Waals surface area contributed by atoms with Crippen LogP contribution in [0.2, 0.25) is 0 Å². The van der Waals surface area contributed by atoms with Crippen molar-refractivity contribution in [3.63, 3.8) is 0 Å². The molecule has 1 spiro atoms. The minimum absolute atomic E-state index is 0.108. The molecule has 3 heterocycles. The summed E-state index contributed by atoms with van der Waals surface area (Å²) in [6, 6.07) is 3.87. The standard InChI is InChI=1S/C18H16F4I2O8S/c19-17(20,18(21,22)33(26,27)28)1-2-29-15(25)10-5-13-16(6-12(10)31-13)30-7-8-3-9(23)4-11(24)14(8)32-16/h3-4,10,12-13H,1-2,5-7H2,(H,26,27,28). The molecule has 33 heavy (non-hydrogen) atoms. The molecule has 4 atom stereocenters. The first-order chi connectivity index (χ1) is 15.2. The Morgan fingerprint density at radius 3 is 2.58 bits per heavy atom. The Bertz CT molecular complexity index is 1090. The van der Waals surface area contributed by atoms with Crippen molar-refractivity contribution in [2.45, 2.75) is 55.0 Å². The van der Waals surface area contributed by atoms with E-state index in [-0.39, 0.29) is 19.4 Å². The van der Waals surface area contributed by atoms with Gasteiger partial charge in [0.15, 0.2) is 0 Å². The molecule has 0 aliphatic carbocycles. The number of hydrogen-bond acceptors (Lipinski definition) is 7. The first kappa shape index (κ1) is 25.6. The second-order valence-electron chi connectivity index (χ2n) is 7.90. The molecule has 1 N–H and O–H groups in total. The van der Waals surface area contributed by atoms with Crippen LogP contribution in [0, 0.1) is 13.1 Å². The van der Waals surface area contributed by atoms with E-state index >= 15 is 0 Å². The summed E-state index contributed by atoms with van der Waals surface area (Å²) in [5.74, 6) is -7.36. The van der Waals surface area contributed by atoms with Gasteiger partial charge in [-0.05, 0) is 63.7 Å². The third-order valence-electron chi connectivity index (χ3n) is 5.78. The van der Waals surface area contributed by atoms with E-state index in [0.717, 1.165) is 12.7 Å². The Balaban J connectivity index is 1.35. The van der Waals surface area contributed by atoms with E-state index in [0.29, 0.717) is 5.75 Å². The zero-order valence-corrected chi connectivity index (χ0v) is 21.5. The summed E-state index contributed by atoms with van der Waals surface area (Å²) in [5, 5.41) is -5.71. The molecule has 2 fully saturated rings. The maximum atomic E-state index is 13.6. The minimum atomic E-state index is -6.35. The fraction of sp³-hybridized carbons (Fsp3) is 0.611. The van der Waals surface area contributed by atoms with Gasteiger partial charge < -0.3 is 18.9 Å². The smallest absolute Gasteiger partial charge is 0.431 e.